The van der Waals surface area contributed by atoms with Gasteiger partial charge >= 0.3 is 0 Å². The summed E-state index contributed by atoms with van der Waals surface area (Å²) in [6.07, 6.45) is 0. The molecule has 1 N–H and O–H groups in total. The van der Waals surface area contributed by atoms with Gasteiger partial charge in [-0.05, 0) is 46.6 Å². The number of halogens is 3. The average molecular weight is 349 g/mol. The Balaban J connectivity index is 1.99. The first-order chi connectivity index (χ1) is 8.56. The molecule has 1 aromatic heterocycles. The van der Waals surface area contributed by atoms with Crippen LogP contribution in [0.15, 0.2) is 34.1 Å². The molecule has 0 bridgehead atoms. The van der Waals surface area contributed by atoms with Gasteiger partial charge in [0, 0.05) is 27.3 Å². The molecule has 1 unspecified atom stereocenters. The zero-order chi connectivity index (χ0) is 13.1. The third-order valence-electron chi connectivity index (χ3n) is 2.65. The van der Waals surface area contributed by atoms with Gasteiger partial charge in [0.1, 0.15) is 5.82 Å². The maximum Gasteiger partial charge on any atom is 0.141 e. The molecule has 96 valence electrons. The zero-order valence-electron chi connectivity index (χ0n) is 9.71. The van der Waals surface area contributed by atoms with Crippen molar-refractivity contribution in [2.24, 2.45) is 0 Å². The lowest BCUT2D eigenvalue weighted by atomic mass is 10.1. The van der Waals surface area contributed by atoms with Crippen LogP contribution < -0.4 is 5.32 Å². The van der Waals surface area contributed by atoms with E-state index in [-0.39, 0.29) is 16.9 Å². The van der Waals surface area contributed by atoms with Gasteiger partial charge < -0.3 is 5.32 Å². The summed E-state index contributed by atoms with van der Waals surface area (Å²) in [6, 6.07) is 7.03. The van der Waals surface area contributed by atoms with Gasteiger partial charge in [0.2, 0.25) is 0 Å². The predicted molar refractivity (Wildman–Crippen MR) is 78.7 cm³/mol. The first-order valence-electron chi connectivity index (χ1n) is 5.47. The van der Waals surface area contributed by atoms with E-state index >= 15 is 0 Å². The van der Waals surface area contributed by atoms with Crippen molar-refractivity contribution < 1.29 is 4.39 Å². The Bertz CT molecular complexity index is 544. The number of hydrogen-bond donors (Lipinski definition) is 1. The Hall–Kier alpha value is -0.420. The fourth-order valence-corrected chi connectivity index (χ4v) is 3.19. The van der Waals surface area contributed by atoms with Gasteiger partial charge in [-0.25, -0.2) is 4.39 Å². The van der Waals surface area contributed by atoms with E-state index in [1.807, 2.05) is 6.92 Å². The quantitative estimate of drug-likeness (QED) is 0.805. The first kappa shape index (κ1) is 14.0. The molecule has 0 saturated heterocycles. The van der Waals surface area contributed by atoms with Gasteiger partial charge in [0.05, 0.1) is 5.02 Å². The minimum atomic E-state index is -0.380. The molecule has 0 spiro atoms. The van der Waals surface area contributed by atoms with Crippen LogP contribution in [-0.4, -0.2) is 0 Å². The summed E-state index contributed by atoms with van der Waals surface area (Å²) >= 11 is 10.9. The average Bonchev–Trinajstić information content (AvgIpc) is 2.75. The van der Waals surface area contributed by atoms with E-state index in [1.165, 1.54) is 10.9 Å². The molecule has 1 atom stereocenters. The van der Waals surface area contributed by atoms with Crippen molar-refractivity contribution in [2.45, 2.75) is 19.5 Å². The molecule has 1 aromatic carbocycles. The first-order valence-corrected chi connectivity index (χ1v) is 7.52. The molecule has 0 amide bonds. The van der Waals surface area contributed by atoms with Crippen molar-refractivity contribution in [1.82, 2.24) is 5.32 Å². The van der Waals surface area contributed by atoms with E-state index in [0.29, 0.717) is 0 Å². The van der Waals surface area contributed by atoms with Gasteiger partial charge in [-0.2, -0.15) is 0 Å². The molecule has 0 fully saturated rings. The summed E-state index contributed by atoms with van der Waals surface area (Å²) in [6.45, 7) is 2.82. The molecular weight excluding hydrogens is 337 g/mol. The number of benzene rings is 1. The van der Waals surface area contributed by atoms with Crippen LogP contribution in [0, 0.1) is 5.82 Å². The summed E-state index contributed by atoms with van der Waals surface area (Å²) in [7, 11) is 0. The lowest BCUT2D eigenvalue weighted by Gasteiger charge is -2.14. The number of hydrogen-bond acceptors (Lipinski definition) is 2. The number of nitrogens with one attached hydrogen (secondary N) is 1. The van der Waals surface area contributed by atoms with E-state index in [4.69, 9.17) is 11.6 Å². The lowest BCUT2D eigenvalue weighted by molar-refractivity contribution is 0.575. The van der Waals surface area contributed by atoms with Crippen LogP contribution in [0.4, 0.5) is 4.39 Å². The molecular formula is C13H12BrClFNS. The molecule has 0 aliphatic heterocycles. The molecule has 0 aliphatic rings. The largest absolute Gasteiger partial charge is 0.305 e. The highest BCUT2D eigenvalue weighted by molar-refractivity contribution is 9.10. The van der Waals surface area contributed by atoms with Gasteiger partial charge in [0.15, 0.2) is 0 Å². The molecule has 0 radical (unpaired) electrons. The summed E-state index contributed by atoms with van der Waals surface area (Å²) in [5.41, 5.74) is 0.983. The number of thiophene rings is 1. The summed E-state index contributed by atoms with van der Waals surface area (Å²) < 4.78 is 14.2. The fraction of sp³-hybridized carbons (Fsp3) is 0.231. The Morgan fingerprint density at radius 1 is 1.44 bits per heavy atom. The molecule has 18 heavy (non-hydrogen) atoms. The highest BCUT2D eigenvalue weighted by Gasteiger charge is 2.08. The van der Waals surface area contributed by atoms with Crippen LogP contribution in [0.2, 0.25) is 5.02 Å². The predicted octanol–water partition coefficient (Wildman–Crippen LogP) is 5.15. The summed E-state index contributed by atoms with van der Waals surface area (Å²) in [5, 5.41) is 5.60. The van der Waals surface area contributed by atoms with Crippen molar-refractivity contribution in [1.29, 1.82) is 0 Å². The van der Waals surface area contributed by atoms with Crippen molar-refractivity contribution in [3.8, 4) is 0 Å². The molecule has 0 aliphatic carbocycles. The molecule has 1 nitrogen and oxygen atoms in total. The van der Waals surface area contributed by atoms with Gasteiger partial charge in [0.25, 0.3) is 0 Å². The zero-order valence-corrected chi connectivity index (χ0v) is 12.9. The molecule has 0 saturated carbocycles. The van der Waals surface area contributed by atoms with Crippen molar-refractivity contribution >= 4 is 38.9 Å². The second-order valence-electron chi connectivity index (χ2n) is 4.01. The summed E-state index contributed by atoms with van der Waals surface area (Å²) in [5.74, 6) is -0.380. The van der Waals surface area contributed by atoms with Gasteiger partial charge in [-0.1, -0.05) is 17.7 Å². The second-order valence-corrected chi connectivity index (χ2v) is 6.33. The van der Waals surface area contributed by atoms with E-state index in [1.54, 1.807) is 23.5 Å². The maximum absolute atomic E-state index is 13.1. The third kappa shape index (κ3) is 3.54. The summed E-state index contributed by atoms with van der Waals surface area (Å²) in [4.78, 5) is 1.25. The maximum atomic E-state index is 13.1. The topological polar surface area (TPSA) is 12.0 Å². The van der Waals surface area contributed by atoms with Gasteiger partial charge in [-0.3, -0.25) is 0 Å². The Kier molecular flexibility index (Phi) is 4.78. The van der Waals surface area contributed by atoms with Crippen LogP contribution in [0.25, 0.3) is 0 Å². The SMILES string of the molecule is CC(NCc1cc(Br)cs1)c1ccc(F)c(Cl)c1. The van der Waals surface area contributed by atoms with E-state index < -0.39 is 0 Å². The second kappa shape index (κ2) is 6.15. The van der Waals surface area contributed by atoms with E-state index in [9.17, 15) is 4.39 Å². The Morgan fingerprint density at radius 3 is 2.83 bits per heavy atom. The van der Waals surface area contributed by atoms with E-state index in [0.717, 1.165) is 16.6 Å². The van der Waals surface area contributed by atoms with Crippen LogP contribution in [0.3, 0.4) is 0 Å². The lowest BCUT2D eigenvalue weighted by Crippen LogP contribution is -2.17. The molecule has 1 heterocycles. The van der Waals surface area contributed by atoms with E-state index in [2.05, 4.69) is 32.7 Å². The van der Waals surface area contributed by atoms with Crippen LogP contribution >= 0.6 is 38.9 Å². The fourth-order valence-electron chi connectivity index (χ4n) is 1.60. The smallest absolute Gasteiger partial charge is 0.141 e. The third-order valence-corrected chi connectivity index (χ3v) is 4.64. The minimum absolute atomic E-state index is 0.129. The molecule has 5 heteroatoms. The molecule has 2 rings (SSSR count). The van der Waals surface area contributed by atoms with Crippen molar-refractivity contribution in [2.75, 3.05) is 0 Å². The highest BCUT2D eigenvalue weighted by Crippen LogP contribution is 2.23. The highest BCUT2D eigenvalue weighted by atomic mass is 79.9. The van der Waals surface area contributed by atoms with Crippen LogP contribution in [-0.2, 0) is 6.54 Å². The van der Waals surface area contributed by atoms with Crippen molar-refractivity contribution in [3.05, 3.63) is 55.4 Å². The molecule has 2 aromatic rings. The Labute approximate surface area is 123 Å². The monoisotopic (exact) mass is 347 g/mol. The number of rotatable bonds is 4. The normalized spacial score (nSPS) is 12.7. The van der Waals surface area contributed by atoms with Crippen LogP contribution in [0.5, 0.6) is 0 Å². The minimum Gasteiger partial charge on any atom is -0.305 e. The Morgan fingerprint density at radius 2 is 2.22 bits per heavy atom. The van der Waals surface area contributed by atoms with Crippen molar-refractivity contribution in [3.63, 3.8) is 0 Å². The van der Waals surface area contributed by atoms with Crippen LogP contribution in [0.1, 0.15) is 23.4 Å². The standard InChI is InChI=1S/C13H12BrClFNS/c1-8(9-2-3-13(16)12(15)4-9)17-6-11-5-10(14)7-18-11/h2-5,7-8,17H,6H2,1H3. The van der Waals surface area contributed by atoms with Gasteiger partial charge in [-0.15, -0.1) is 11.3 Å².